The molecule has 2 aromatic carbocycles. The zero-order chi connectivity index (χ0) is 15.1. The van der Waals surface area contributed by atoms with E-state index in [2.05, 4.69) is 0 Å². The maximum absolute atomic E-state index is 12.5. The van der Waals surface area contributed by atoms with Crippen LogP contribution in [-0.2, 0) is 0 Å². The van der Waals surface area contributed by atoms with E-state index in [1.54, 1.807) is 42.5 Å². The molecule has 0 aliphatic heterocycles. The molecule has 3 heteroatoms. The van der Waals surface area contributed by atoms with Crippen molar-refractivity contribution in [3.63, 3.8) is 0 Å². The summed E-state index contributed by atoms with van der Waals surface area (Å²) in [5.74, 6) is -0.354. The minimum atomic E-state index is -0.354. The lowest BCUT2D eigenvalue weighted by Gasteiger charge is -2.07. The van der Waals surface area contributed by atoms with Gasteiger partial charge in [0, 0.05) is 5.56 Å². The quantitative estimate of drug-likeness (QED) is 0.483. The van der Waals surface area contributed by atoms with E-state index in [0.717, 1.165) is 5.56 Å². The first-order valence-electron chi connectivity index (χ1n) is 6.43. The number of rotatable bonds is 4. The minimum absolute atomic E-state index is 0.0193. The second-order valence-electron chi connectivity index (χ2n) is 4.36. The van der Waals surface area contributed by atoms with Gasteiger partial charge in [-0.25, -0.2) is 0 Å². The van der Waals surface area contributed by atoms with E-state index >= 15 is 0 Å². The average Bonchev–Trinajstić information content (AvgIpc) is 2.56. The highest BCUT2D eigenvalue weighted by Crippen LogP contribution is 2.24. The molecule has 0 N–H and O–H groups in total. The molecule has 0 unspecified atom stereocenters. The van der Waals surface area contributed by atoms with Gasteiger partial charge in [0.15, 0.2) is 0 Å². The summed E-state index contributed by atoms with van der Waals surface area (Å²) in [5.41, 5.74) is 1.66. The van der Waals surface area contributed by atoms with Crippen molar-refractivity contribution in [1.29, 1.82) is 10.5 Å². The molecule has 0 bridgehead atoms. The summed E-state index contributed by atoms with van der Waals surface area (Å²) < 4.78 is 0. The normalized spacial score (nSPS) is 11.0. The van der Waals surface area contributed by atoms with E-state index in [9.17, 15) is 10.1 Å². The molecule has 100 valence electrons. The lowest BCUT2D eigenvalue weighted by molar-refractivity contribution is 0.103. The SMILES string of the molecule is N#CC/C(=C(/C#N)C(=O)c1ccccc1)c1ccccc1. The van der Waals surface area contributed by atoms with Gasteiger partial charge in [0.25, 0.3) is 0 Å². The second kappa shape index (κ2) is 6.84. The first kappa shape index (κ1) is 14.2. The Labute approximate surface area is 123 Å². The molecule has 0 aromatic heterocycles. The van der Waals surface area contributed by atoms with Crippen LogP contribution in [0, 0.1) is 22.7 Å². The zero-order valence-corrected chi connectivity index (χ0v) is 11.3. The van der Waals surface area contributed by atoms with Crippen molar-refractivity contribution in [1.82, 2.24) is 0 Å². The van der Waals surface area contributed by atoms with Crippen LogP contribution < -0.4 is 0 Å². The van der Waals surface area contributed by atoms with Gasteiger partial charge in [0.1, 0.15) is 11.6 Å². The standard InChI is InChI=1S/C18H12N2O/c19-12-11-16(14-7-3-1-4-8-14)17(13-20)18(21)15-9-5-2-6-10-15/h1-10H,11H2/b17-16+. The van der Waals surface area contributed by atoms with Crippen LogP contribution in [0.4, 0.5) is 0 Å². The van der Waals surface area contributed by atoms with E-state index in [1.165, 1.54) is 0 Å². The first-order valence-corrected chi connectivity index (χ1v) is 6.43. The van der Waals surface area contributed by atoms with Gasteiger partial charge in [-0.05, 0) is 11.1 Å². The van der Waals surface area contributed by atoms with E-state index in [-0.39, 0.29) is 17.8 Å². The van der Waals surface area contributed by atoms with Gasteiger partial charge in [-0.2, -0.15) is 10.5 Å². The average molecular weight is 272 g/mol. The minimum Gasteiger partial charge on any atom is -0.288 e. The second-order valence-corrected chi connectivity index (χ2v) is 4.36. The number of hydrogen-bond donors (Lipinski definition) is 0. The molecule has 0 heterocycles. The van der Waals surface area contributed by atoms with Crippen molar-refractivity contribution < 1.29 is 4.79 Å². The molecule has 0 saturated carbocycles. The fourth-order valence-electron chi connectivity index (χ4n) is 2.04. The number of nitriles is 2. The Hall–Kier alpha value is -3.17. The Morgan fingerprint density at radius 1 is 0.857 bits per heavy atom. The van der Waals surface area contributed by atoms with Crippen molar-refractivity contribution in [2.45, 2.75) is 6.42 Å². The van der Waals surface area contributed by atoms with Crippen LogP contribution >= 0.6 is 0 Å². The van der Waals surface area contributed by atoms with Gasteiger partial charge in [-0.3, -0.25) is 4.79 Å². The van der Waals surface area contributed by atoms with Crippen LogP contribution in [0.5, 0.6) is 0 Å². The van der Waals surface area contributed by atoms with Gasteiger partial charge < -0.3 is 0 Å². The van der Waals surface area contributed by atoms with Crippen LogP contribution in [-0.4, -0.2) is 5.78 Å². The Morgan fingerprint density at radius 3 is 1.86 bits per heavy atom. The Bertz CT molecular complexity index is 747. The van der Waals surface area contributed by atoms with Crippen LogP contribution in [0.25, 0.3) is 5.57 Å². The predicted octanol–water partition coefficient (Wildman–Crippen LogP) is 3.76. The number of Topliss-reactive ketones (excluding diaryl/α,β-unsaturated/α-hetero) is 1. The van der Waals surface area contributed by atoms with E-state index in [4.69, 9.17) is 5.26 Å². The van der Waals surface area contributed by atoms with Crippen LogP contribution in [0.15, 0.2) is 66.2 Å². The molecule has 0 aliphatic rings. The maximum Gasteiger partial charge on any atom is 0.203 e. The Balaban J connectivity index is 2.56. The summed E-state index contributed by atoms with van der Waals surface area (Å²) in [6.45, 7) is 0. The number of nitrogens with zero attached hydrogens (tertiary/aromatic N) is 2. The molecule has 0 fully saturated rings. The lowest BCUT2D eigenvalue weighted by atomic mass is 9.93. The summed E-state index contributed by atoms with van der Waals surface area (Å²) >= 11 is 0. The van der Waals surface area contributed by atoms with Gasteiger partial charge >= 0.3 is 0 Å². The Kier molecular flexibility index (Phi) is 4.64. The van der Waals surface area contributed by atoms with Crippen LogP contribution in [0.2, 0.25) is 0 Å². The molecular weight excluding hydrogens is 260 g/mol. The van der Waals surface area contributed by atoms with Crippen molar-refractivity contribution in [3.05, 3.63) is 77.4 Å². The summed E-state index contributed by atoms with van der Waals surface area (Å²) in [5, 5.41) is 18.4. The summed E-state index contributed by atoms with van der Waals surface area (Å²) in [6, 6.07) is 21.7. The highest BCUT2D eigenvalue weighted by atomic mass is 16.1. The maximum atomic E-state index is 12.5. The predicted molar refractivity (Wildman–Crippen MR) is 80.0 cm³/mol. The van der Waals surface area contributed by atoms with Crippen LogP contribution in [0.1, 0.15) is 22.3 Å². The fourth-order valence-corrected chi connectivity index (χ4v) is 2.04. The first-order chi connectivity index (χ1) is 10.3. The molecule has 2 aromatic rings. The van der Waals surface area contributed by atoms with Gasteiger partial charge in [-0.15, -0.1) is 0 Å². The van der Waals surface area contributed by atoms with E-state index in [0.29, 0.717) is 11.1 Å². The van der Waals surface area contributed by atoms with Gasteiger partial charge in [0.2, 0.25) is 5.78 Å². The summed E-state index contributed by atoms with van der Waals surface area (Å²) in [6.07, 6.45) is 0.0193. The fraction of sp³-hybridized carbons (Fsp3) is 0.0556. The molecule has 0 atom stereocenters. The third-order valence-electron chi connectivity index (χ3n) is 3.05. The molecule has 2 rings (SSSR count). The largest absolute Gasteiger partial charge is 0.288 e. The van der Waals surface area contributed by atoms with Gasteiger partial charge in [0.05, 0.1) is 12.5 Å². The zero-order valence-electron chi connectivity index (χ0n) is 11.3. The molecular formula is C18H12N2O. The highest BCUT2D eigenvalue weighted by Gasteiger charge is 2.18. The van der Waals surface area contributed by atoms with Crippen molar-refractivity contribution in [2.75, 3.05) is 0 Å². The number of benzene rings is 2. The van der Waals surface area contributed by atoms with Crippen LogP contribution in [0.3, 0.4) is 0 Å². The molecule has 0 amide bonds. The number of allylic oxidation sites excluding steroid dienone is 2. The monoisotopic (exact) mass is 272 g/mol. The highest BCUT2D eigenvalue weighted by molar-refractivity contribution is 6.16. The molecule has 3 nitrogen and oxygen atoms in total. The van der Waals surface area contributed by atoms with Crippen molar-refractivity contribution in [3.8, 4) is 12.1 Å². The summed E-state index contributed by atoms with van der Waals surface area (Å²) in [7, 11) is 0. The molecule has 0 saturated heterocycles. The third-order valence-corrected chi connectivity index (χ3v) is 3.05. The number of carbonyl (C=O) groups is 1. The molecule has 0 spiro atoms. The number of ketones is 1. The van der Waals surface area contributed by atoms with Crippen molar-refractivity contribution in [2.24, 2.45) is 0 Å². The van der Waals surface area contributed by atoms with E-state index in [1.807, 2.05) is 30.3 Å². The molecule has 21 heavy (non-hydrogen) atoms. The lowest BCUT2D eigenvalue weighted by Crippen LogP contribution is -2.05. The number of carbonyl (C=O) groups excluding carboxylic acids is 1. The molecule has 0 radical (unpaired) electrons. The smallest absolute Gasteiger partial charge is 0.203 e. The van der Waals surface area contributed by atoms with E-state index < -0.39 is 0 Å². The topological polar surface area (TPSA) is 64.7 Å². The van der Waals surface area contributed by atoms with Crippen molar-refractivity contribution >= 4 is 11.4 Å². The Morgan fingerprint density at radius 2 is 1.38 bits per heavy atom. The van der Waals surface area contributed by atoms with Gasteiger partial charge in [-0.1, -0.05) is 60.7 Å². The molecule has 0 aliphatic carbocycles. The summed E-state index contributed by atoms with van der Waals surface area (Å²) in [4.78, 5) is 12.5. The third kappa shape index (κ3) is 3.23. The number of hydrogen-bond acceptors (Lipinski definition) is 3.